The van der Waals surface area contributed by atoms with Gasteiger partial charge in [-0.15, -0.1) is 0 Å². The van der Waals surface area contributed by atoms with Crippen molar-refractivity contribution in [2.24, 2.45) is 5.92 Å². The van der Waals surface area contributed by atoms with Crippen molar-refractivity contribution in [1.82, 2.24) is 0 Å². The summed E-state index contributed by atoms with van der Waals surface area (Å²) in [5, 5.41) is 8.01. The van der Waals surface area contributed by atoms with Crippen LogP contribution in [0, 0.1) is 17.4 Å². The third kappa shape index (κ3) is 4.16. The fourth-order valence-electron chi connectivity index (χ4n) is 0.455. The average Bonchev–Trinajstić information content (AvgIpc) is 1.91. The molecule has 3 heteroatoms. The molecule has 0 spiro atoms. The number of nitrogens with zero attached hydrogens (tertiary/aromatic N) is 1. The van der Waals surface area contributed by atoms with Crippen LogP contribution >= 0.6 is 12.6 Å². The van der Waals surface area contributed by atoms with Crippen molar-refractivity contribution in [2.75, 3.05) is 12.4 Å². The van der Waals surface area contributed by atoms with E-state index < -0.39 is 0 Å². The molecule has 0 radical (unpaired) electrons. The lowest BCUT2D eigenvalue weighted by Gasteiger charge is -2.06. The smallest absolute Gasteiger partial charge is 0.286 e. The highest BCUT2D eigenvalue weighted by Gasteiger charge is 2.02. The van der Waals surface area contributed by atoms with Crippen molar-refractivity contribution in [3.63, 3.8) is 0 Å². The number of ether oxygens (including phenoxy) is 1. The summed E-state index contributed by atoms with van der Waals surface area (Å²) in [4.78, 5) is 0. The minimum Gasteiger partial charge on any atom is -0.427 e. The molecule has 0 heterocycles. The highest BCUT2D eigenvalue weighted by Crippen LogP contribution is 2.03. The minimum atomic E-state index is 0.424. The van der Waals surface area contributed by atoms with Gasteiger partial charge in [-0.05, 0) is 12.2 Å². The van der Waals surface area contributed by atoms with Gasteiger partial charge in [0.25, 0.3) is 6.26 Å². The third-order valence-electron chi connectivity index (χ3n) is 1.22. The number of hydrogen-bond donors (Lipinski definition) is 1. The Morgan fingerprint density at radius 1 is 1.78 bits per heavy atom. The normalized spacial score (nSPS) is 12.1. The van der Waals surface area contributed by atoms with Crippen molar-refractivity contribution in [3.05, 3.63) is 0 Å². The van der Waals surface area contributed by atoms with Crippen LogP contribution in [0.5, 0.6) is 0 Å². The lowest BCUT2D eigenvalue weighted by Crippen LogP contribution is -2.07. The summed E-state index contributed by atoms with van der Waals surface area (Å²) < 4.78 is 4.53. The first-order valence-corrected chi connectivity index (χ1v) is 3.60. The molecule has 9 heavy (non-hydrogen) atoms. The molecule has 0 aliphatic rings. The van der Waals surface area contributed by atoms with E-state index >= 15 is 0 Å². The molecule has 0 saturated heterocycles. The summed E-state index contributed by atoms with van der Waals surface area (Å²) in [6, 6.07) is 0. The fraction of sp³-hybridized carbons (Fsp3) is 0.833. The van der Waals surface area contributed by atoms with Crippen LogP contribution in [0.2, 0.25) is 0 Å². The molecule has 0 aromatic heterocycles. The Bertz CT molecular complexity index is 95.7. The molecule has 0 amide bonds. The fourth-order valence-corrected chi connectivity index (χ4v) is 0.818. The summed E-state index contributed by atoms with van der Waals surface area (Å²) in [5.41, 5.74) is 0. The molecule has 52 valence electrons. The maximum atomic E-state index is 8.01. The van der Waals surface area contributed by atoms with E-state index in [2.05, 4.69) is 24.3 Å². The van der Waals surface area contributed by atoms with Crippen LogP contribution < -0.4 is 0 Å². The van der Waals surface area contributed by atoms with Crippen molar-refractivity contribution >= 4 is 12.6 Å². The summed E-state index contributed by atoms with van der Waals surface area (Å²) in [6.07, 6.45) is 2.65. The van der Waals surface area contributed by atoms with Gasteiger partial charge in [0, 0.05) is 5.92 Å². The molecule has 1 atom stereocenters. The van der Waals surface area contributed by atoms with Crippen molar-refractivity contribution in [3.8, 4) is 6.26 Å². The molecular formula is C6H11NOS. The topological polar surface area (TPSA) is 33.0 Å². The molecule has 0 aromatic carbocycles. The number of hydrogen-bond acceptors (Lipinski definition) is 3. The Kier molecular flexibility index (Phi) is 5.54. The van der Waals surface area contributed by atoms with E-state index in [0.717, 1.165) is 12.2 Å². The van der Waals surface area contributed by atoms with Gasteiger partial charge in [0.15, 0.2) is 0 Å². The second-order valence-corrected chi connectivity index (χ2v) is 2.22. The van der Waals surface area contributed by atoms with Gasteiger partial charge in [0.05, 0.1) is 0 Å². The lowest BCUT2D eigenvalue weighted by molar-refractivity contribution is 0.220. The monoisotopic (exact) mass is 145 g/mol. The number of thiol groups is 1. The zero-order valence-corrected chi connectivity index (χ0v) is 6.40. The molecule has 2 nitrogen and oxygen atoms in total. The summed E-state index contributed by atoms with van der Waals surface area (Å²) in [7, 11) is 0. The second kappa shape index (κ2) is 5.77. The Labute approximate surface area is 61.2 Å². The molecule has 0 N–H and O–H groups in total. The van der Waals surface area contributed by atoms with Crippen molar-refractivity contribution in [1.29, 1.82) is 5.26 Å². The van der Waals surface area contributed by atoms with Gasteiger partial charge in [0.1, 0.15) is 6.61 Å². The number of nitriles is 1. The zero-order valence-electron chi connectivity index (χ0n) is 5.50. The Morgan fingerprint density at radius 3 is 2.78 bits per heavy atom. The quantitative estimate of drug-likeness (QED) is 0.479. The third-order valence-corrected chi connectivity index (χ3v) is 1.74. The molecule has 0 rings (SSSR count). The van der Waals surface area contributed by atoms with Gasteiger partial charge in [-0.2, -0.15) is 17.9 Å². The van der Waals surface area contributed by atoms with E-state index in [1.165, 1.54) is 0 Å². The van der Waals surface area contributed by atoms with Crippen LogP contribution in [0.3, 0.4) is 0 Å². The highest BCUT2D eigenvalue weighted by molar-refractivity contribution is 7.80. The van der Waals surface area contributed by atoms with Gasteiger partial charge in [-0.3, -0.25) is 0 Å². The standard InChI is InChI=1S/C6H11NOS/c1-2-6(4-9)3-8-5-7/h6,9H,2-4H2,1H3. The van der Waals surface area contributed by atoms with Gasteiger partial charge >= 0.3 is 0 Å². The Hall–Kier alpha value is -0.360. The average molecular weight is 145 g/mol. The van der Waals surface area contributed by atoms with Crippen LogP contribution in [-0.2, 0) is 4.74 Å². The van der Waals surface area contributed by atoms with Gasteiger partial charge in [-0.25, -0.2) is 0 Å². The van der Waals surface area contributed by atoms with Crippen LogP contribution in [0.4, 0.5) is 0 Å². The molecule has 0 bridgehead atoms. The lowest BCUT2D eigenvalue weighted by atomic mass is 10.1. The summed E-state index contributed by atoms with van der Waals surface area (Å²) >= 11 is 4.08. The number of rotatable bonds is 4. The maximum absolute atomic E-state index is 8.01. The van der Waals surface area contributed by atoms with Crippen LogP contribution in [0.15, 0.2) is 0 Å². The predicted octanol–water partition coefficient (Wildman–Crippen LogP) is 1.44. The van der Waals surface area contributed by atoms with Crippen LogP contribution in [0.25, 0.3) is 0 Å². The molecule has 0 aromatic rings. The second-order valence-electron chi connectivity index (χ2n) is 1.86. The first kappa shape index (κ1) is 8.64. The maximum Gasteiger partial charge on any atom is 0.286 e. The molecule has 1 unspecified atom stereocenters. The molecule has 0 aliphatic carbocycles. The Balaban J connectivity index is 3.22. The Morgan fingerprint density at radius 2 is 2.44 bits per heavy atom. The largest absolute Gasteiger partial charge is 0.427 e. The van der Waals surface area contributed by atoms with Gasteiger partial charge in [-0.1, -0.05) is 6.92 Å². The van der Waals surface area contributed by atoms with Crippen LogP contribution in [-0.4, -0.2) is 12.4 Å². The summed E-state index contributed by atoms with van der Waals surface area (Å²) in [6.45, 7) is 2.57. The predicted molar refractivity (Wildman–Crippen MR) is 39.2 cm³/mol. The van der Waals surface area contributed by atoms with E-state index in [1.54, 1.807) is 6.26 Å². The van der Waals surface area contributed by atoms with Crippen molar-refractivity contribution < 1.29 is 4.74 Å². The molecule has 0 saturated carbocycles. The first-order chi connectivity index (χ1) is 4.35. The highest BCUT2D eigenvalue weighted by atomic mass is 32.1. The van der Waals surface area contributed by atoms with Gasteiger partial charge in [0.2, 0.25) is 0 Å². The zero-order chi connectivity index (χ0) is 7.11. The van der Waals surface area contributed by atoms with Gasteiger partial charge < -0.3 is 4.74 Å². The first-order valence-electron chi connectivity index (χ1n) is 2.96. The molecule has 0 aliphatic heterocycles. The van der Waals surface area contributed by atoms with Crippen LogP contribution in [0.1, 0.15) is 13.3 Å². The van der Waals surface area contributed by atoms with E-state index in [0.29, 0.717) is 12.5 Å². The van der Waals surface area contributed by atoms with E-state index in [1.807, 2.05) is 0 Å². The molecule has 0 fully saturated rings. The molecular weight excluding hydrogens is 134 g/mol. The van der Waals surface area contributed by atoms with E-state index in [-0.39, 0.29) is 0 Å². The minimum absolute atomic E-state index is 0.424. The van der Waals surface area contributed by atoms with Crippen molar-refractivity contribution in [2.45, 2.75) is 13.3 Å². The van der Waals surface area contributed by atoms with E-state index in [4.69, 9.17) is 5.26 Å². The summed E-state index contributed by atoms with van der Waals surface area (Å²) in [5.74, 6) is 1.21. The SMILES string of the molecule is CCC(CS)COC#N. The van der Waals surface area contributed by atoms with E-state index in [9.17, 15) is 0 Å².